The maximum absolute atomic E-state index is 11.9. The smallest absolute Gasteiger partial charge is 0.250 e. The molecule has 0 aliphatic carbocycles. The summed E-state index contributed by atoms with van der Waals surface area (Å²) in [6, 6.07) is 6.91. The SMILES string of the molecule is NCCNS(=O)(=O)c1cc2cc(Cl)ccc2s1. The van der Waals surface area contributed by atoms with E-state index in [9.17, 15) is 8.42 Å². The maximum Gasteiger partial charge on any atom is 0.250 e. The molecule has 2 rings (SSSR count). The number of rotatable bonds is 4. The van der Waals surface area contributed by atoms with Crippen LogP contribution in [0.25, 0.3) is 10.1 Å². The number of hydrogen-bond donors (Lipinski definition) is 2. The van der Waals surface area contributed by atoms with Gasteiger partial charge in [0.2, 0.25) is 10.0 Å². The average Bonchev–Trinajstić information content (AvgIpc) is 2.70. The summed E-state index contributed by atoms with van der Waals surface area (Å²) in [5.74, 6) is 0. The van der Waals surface area contributed by atoms with Gasteiger partial charge in [-0.25, -0.2) is 13.1 Å². The Balaban J connectivity index is 2.43. The molecule has 17 heavy (non-hydrogen) atoms. The molecule has 1 aromatic heterocycles. The molecule has 0 aliphatic rings. The average molecular weight is 291 g/mol. The second-order valence-corrected chi connectivity index (χ2v) is 6.95. The van der Waals surface area contributed by atoms with Crippen LogP contribution in [0.2, 0.25) is 5.02 Å². The molecule has 0 saturated heterocycles. The van der Waals surface area contributed by atoms with Gasteiger partial charge in [-0.2, -0.15) is 0 Å². The molecule has 0 saturated carbocycles. The summed E-state index contributed by atoms with van der Waals surface area (Å²) in [6.07, 6.45) is 0. The van der Waals surface area contributed by atoms with Gasteiger partial charge in [-0.15, -0.1) is 11.3 Å². The third kappa shape index (κ3) is 2.78. The summed E-state index contributed by atoms with van der Waals surface area (Å²) in [6.45, 7) is 0.507. The molecule has 0 bridgehead atoms. The van der Waals surface area contributed by atoms with Crippen molar-refractivity contribution in [2.24, 2.45) is 5.73 Å². The highest BCUT2D eigenvalue weighted by atomic mass is 35.5. The zero-order chi connectivity index (χ0) is 12.5. The molecule has 0 spiro atoms. The Hall–Kier alpha value is -0.660. The molecule has 1 heterocycles. The van der Waals surface area contributed by atoms with E-state index in [1.807, 2.05) is 6.07 Å². The van der Waals surface area contributed by atoms with Crippen LogP contribution < -0.4 is 10.5 Å². The van der Waals surface area contributed by atoms with Gasteiger partial charge in [0.05, 0.1) is 0 Å². The highest BCUT2D eigenvalue weighted by Crippen LogP contribution is 2.30. The van der Waals surface area contributed by atoms with Gasteiger partial charge >= 0.3 is 0 Å². The largest absolute Gasteiger partial charge is 0.329 e. The lowest BCUT2D eigenvalue weighted by atomic mass is 10.3. The van der Waals surface area contributed by atoms with Gasteiger partial charge in [0.15, 0.2) is 0 Å². The summed E-state index contributed by atoms with van der Waals surface area (Å²) in [4.78, 5) is 0. The highest BCUT2D eigenvalue weighted by molar-refractivity contribution is 7.91. The lowest BCUT2D eigenvalue weighted by Gasteiger charge is -2.01. The number of benzene rings is 1. The van der Waals surface area contributed by atoms with Crippen LogP contribution in [0, 0.1) is 0 Å². The Morgan fingerprint density at radius 1 is 1.35 bits per heavy atom. The second kappa shape index (κ2) is 4.91. The van der Waals surface area contributed by atoms with E-state index < -0.39 is 10.0 Å². The van der Waals surface area contributed by atoms with Gasteiger partial charge in [-0.05, 0) is 29.7 Å². The van der Waals surface area contributed by atoms with Crippen molar-refractivity contribution in [1.82, 2.24) is 4.72 Å². The van der Waals surface area contributed by atoms with Gasteiger partial charge in [-0.1, -0.05) is 11.6 Å². The predicted molar refractivity (Wildman–Crippen MR) is 71.1 cm³/mol. The van der Waals surface area contributed by atoms with Crippen molar-refractivity contribution in [1.29, 1.82) is 0 Å². The molecule has 0 atom stereocenters. The predicted octanol–water partition coefficient (Wildman–Crippen LogP) is 1.79. The molecule has 92 valence electrons. The molecular weight excluding hydrogens is 280 g/mol. The Labute approximate surface area is 108 Å². The maximum atomic E-state index is 11.9. The van der Waals surface area contributed by atoms with Crippen molar-refractivity contribution in [2.45, 2.75) is 4.21 Å². The van der Waals surface area contributed by atoms with Gasteiger partial charge in [0.25, 0.3) is 0 Å². The number of hydrogen-bond acceptors (Lipinski definition) is 4. The normalized spacial score (nSPS) is 12.1. The quantitative estimate of drug-likeness (QED) is 0.902. The van der Waals surface area contributed by atoms with Crippen LogP contribution in [-0.4, -0.2) is 21.5 Å². The minimum absolute atomic E-state index is 0.233. The van der Waals surface area contributed by atoms with Crippen molar-refractivity contribution in [3.05, 3.63) is 29.3 Å². The molecule has 2 aromatic rings. The first-order chi connectivity index (χ1) is 8.03. The summed E-state index contributed by atoms with van der Waals surface area (Å²) in [5, 5.41) is 1.42. The molecule has 1 aromatic carbocycles. The van der Waals surface area contributed by atoms with E-state index in [0.29, 0.717) is 5.02 Å². The first-order valence-corrected chi connectivity index (χ1v) is 7.59. The molecule has 4 nitrogen and oxygen atoms in total. The number of halogens is 1. The van der Waals surface area contributed by atoms with Crippen molar-refractivity contribution in [3.63, 3.8) is 0 Å². The fourth-order valence-corrected chi connectivity index (χ4v) is 4.04. The minimum atomic E-state index is -3.45. The van der Waals surface area contributed by atoms with Crippen LogP contribution in [0.15, 0.2) is 28.5 Å². The van der Waals surface area contributed by atoms with Crippen molar-refractivity contribution in [2.75, 3.05) is 13.1 Å². The monoisotopic (exact) mass is 290 g/mol. The van der Waals surface area contributed by atoms with Crippen molar-refractivity contribution < 1.29 is 8.42 Å². The van der Waals surface area contributed by atoms with E-state index in [0.717, 1.165) is 10.1 Å². The van der Waals surface area contributed by atoms with E-state index in [4.69, 9.17) is 17.3 Å². The topological polar surface area (TPSA) is 72.2 Å². The third-order valence-corrected chi connectivity index (χ3v) is 5.44. The molecule has 0 radical (unpaired) electrons. The number of fused-ring (bicyclic) bond motifs is 1. The standard InChI is InChI=1S/C10H11ClN2O2S2/c11-8-1-2-9-7(5-8)6-10(16-9)17(14,15)13-4-3-12/h1-2,5-6,13H,3-4,12H2. The molecule has 7 heteroatoms. The summed E-state index contributed by atoms with van der Waals surface area (Å²) < 4.78 is 27.3. The van der Waals surface area contributed by atoms with Crippen LogP contribution in [-0.2, 0) is 10.0 Å². The van der Waals surface area contributed by atoms with Crippen LogP contribution in [0.4, 0.5) is 0 Å². The Kier molecular flexibility index (Phi) is 3.70. The Bertz CT molecular complexity index is 637. The molecule has 0 unspecified atom stereocenters. The van der Waals surface area contributed by atoms with E-state index in [2.05, 4.69) is 4.72 Å². The van der Waals surface area contributed by atoms with E-state index >= 15 is 0 Å². The van der Waals surface area contributed by atoms with Gasteiger partial charge in [0.1, 0.15) is 4.21 Å². The van der Waals surface area contributed by atoms with E-state index in [-0.39, 0.29) is 17.3 Å². The number of nitrogens with one attached hydrogen (secondary N) is 1. The van der Waals surface area contributed by atoms with Crippen LogP contribution in [0.5, 0.6) is 0 Å². The van der Waals surface area contributed by atoms with Gasteiger partial charge in [-0.3, -0.25) is 0 Å². The third-order valence-electron chi connectivity index (χ3n) is 2.16. The van der Waals surface area contributed by atoms with E-state index in [1.165, 1.54) is 11.3 Å². The molecule has 3 N–H and O–H groups in total. The lowest BCUT2D eigenvalue weighted by molar-refractivity contribution is 0.584. The van der Waals surface area contributed by atoms with Crippen LogP contribution >= 0.6 is 22.9 Å². The van der Waals surface area contributed by atoms with Gasteiger partial charge < -0.3 is 5.73 Å². The van der Waals surface area contributed by atoms with Gasteiger partial charge in [0, 0.05) is 22.8 Å². The van der Waals surface area contributed by atoms with Crippen LogP contribution in [0.1, 0.15) is 0 Å². The highest BCUT2D eigenvalue weighted by Gasteiger charge is 2.16. The van der Waals surface area contributed by atoms with Crippen molar-refractivity contribution >= 4 is 43.0 Å². The zero-order valence-electron chi connectivity index (χ0n) is 8.81. The summed E-state index contributed by atoms with van der Waals surface area (Å²) in [7, 11) is -3.45. The Morgan fingerprint density at radius 3 is 2.82 bits per heavy atom. The first kappa shape index (κ1) is 12.8. The first-order valence-electron chi connectivity index (χ1n) is 4.92. The van der Waals surface area contributed by atoms with Crippen molar-refractivity contribution in [3.8, 4) is 0 Å². The molecule has 0 aliphatic heterocycles. The Morgan fingerprint density at radius 2 is 2.12 bits per heavy atom. The number of thiophene rings is 1. The number of sulfonamides is 1. The summed E-state index contributed by atoms with van der Waals surface area (Å²) >= 11 is 7.06. The second-order valence-electron chi connectivity index (χ2n) is 3.43. The van der Waals surface area contributed by atoms with E-state index in [1.54, 1.807) is 18.2 Å². The number of nitrogens with two attached hydrogens (primary N) is 1. The molecule has 0 fully saturated rings. The fraction of sp³-hybridized carbons (Fsp3) is 0.200. The fourth-order valence-electron chi connectivity index (χ4n) is 1.39. The lowest BCUT2D eigenvalue weighted by Crippen LogP contribution is -2.28. The van der Waals surface area contributed by atoms with Crippen LogP contribution in [0.3, 0.4) is 0 Å². The summed E-state index contributed by atoms with van der Waals surface area (Å²) in [5.41, 5.74) is 5.27. The minimum Gasteiger partial charge on any atom is -0.329 e. The zero-order valence-corrected chi connectivity index (χ0v) is 11.2. The molecule has 0 amide bonds. The molecular formula is C10H11ClN2O2S2.